The normalized spacial score (nSPS) is 11.0. The third kappa shape index (κ3) is 1.96. The predicted molar refractivity (Wildman–Crippen MR) is 71.3 cm³/mol. The Morgan fingerprint density at radius 3 is 2.89 bits per heavy atom. The van der Waals surface area contributed by atoms with Crippen molar-refractivity contribution in [1.29, 1.82) is 0 Å². The Hall–Kier alpha value is -1.91. The van der Waals surface area contributed by atoms with Gasteiger partial charge in [0, 0.05) is 23.3 Å². The van der Waals surface area contributed by atoms with Crippen LogP contribution in [-0.4, -0.2) is 14.6 Å². The first kappa shape index (κ1) is 11.2. The van der Waals surface area contributed by atoms with Crippen molar-refractivity contribution in [2.75, 3.05) is 0 Å². The van der Waals surface area contributed by atoms with Gasteiger partial charge in [-0.15, -0.1) is 5.10 Å². The lowest BCUT2D eigenvalue weighted by Gasteiger charge is -1.95. The molecule has 1 aromatic carbocycles. The number of nitrogens with zero attached hydrogens (tertiary/aromatic N) is 3. The van der Waals surface area contributed by atoms with E-state index in [4.69, 9.17) is 17.3 Å². The van der Waals surface area contributed by atoms with Crippen LogP contribution in [0.2, 0.25) is 5.02 Å². The van der Waals surface area contributed by atoms with Gasteiger partial charge in [-0.1, -0.05) is 23.7 Å². The van der Waals surface area contributed by atoms with Crippen molar-refractivity contribution in [3.05, 3.63) is 53.2 Å². The van der Waals surface area contributed by atoms with Gasteiger partial charge in [-0.2, -0.15) is 0 Å². The highest BCUT2D eigenvalue weighted by Gasteiger charge is 2.06. The fraction of sp³-hybridized carbons (Fsp3) is 0.0769. The Kier molecular flexibility index (Phi) is 2.74. The van der Waals surface area contributed by atoms with Crippen LogP contribution >= 0.6 is 11.6 Å². The van der Waals surface area contributed by atoms with Crippen LogP contribution in [0.25, 0.3) is 17.0 Å². The molecule has 2 aromatic heterocycles. The minimum atomic E-state index is 0.496. The molecule has 0 amide bonds. The van der Waals surface area contributed by atoms with Crippen molar-refractivity contribution in [2.24, 2.45) is 5.73 Å². The molecule has 4 nitrogen and oxygen atoms in total. The summed E-state index contributed by atoms with van der Waals surface area (Å²) in [7, 11) is 0. The summed E-state index contributed by atoms with van der Waals surface area (Å²) in [5, 5.41) is 5.08. The Bertz CT molecular complexity index is 705. The van der Waals surface area contributed by atoms with Crippen LogP contribution in [0, 0.1) is 0 Å². The maximum atomic E-state index is 5.96. The lowest BCUT2D eigenvalue weighted by atomic mass is 10.2. The maximum Gasteiger partial charge on any atom is 0.182 e. The topological polar surface area (TPSA) is 56.2 Å². The van der Waals surface area contributed by atoms with Crippen molar-refractivity contribution in [3.63, 3.8) is 0 Å². The molecule has 0 aliphatic carbocycles. The quantitative estimate of drug-likeness (QED) is 0.768. The minimum absolute atomic E-state index is 0.496. The third-order valence-electron chi connectivity index (χ3n) is 2.72. The zero-order valence-corrected chi connectivity index (χ0v) is 10.3. The third-order valence-corrected chi connectivity index (χ3v) is 2.96. The first-order valence-corrected chi connectivity index (χ1v) is 5.95. The van der Waals surface area contributed by atoms with Gasteiger partial charge in [0.15, 0.2) is 11.5 Å². The summed E-state index contributed by atoms with van der Waals surface area (Å²) in [4.78, 5) is 4.47. The summed E-state index contributed by atoms with van der Waals surface area (Å²) in [5.41, 5.74) is 8.33. The highest BCUT2D eigenvalue weighted by atomic mass is 35.5. The second kappa shape index (κ2) is 4.40. The van der Waals surface area contributed by atoms with Gasteiger partial charge in [0.25, 0.3) is 0 Å². The van der Waals surface area contributed by atoms with E-state index in [1.807, 2.05) is 42.6 Å². The van der Waals surface area contributed by atoms with Crippen LogP contribution in [-0.2, 0) is 6.54 Å². The van der Waals surface area contributed by atoms with Gasteiger partial charge in [0.1, 0.15) is 0 Å². The molecular weight excluding hydrogens is 248 g/mol. The van der Waals surface area contributed by atoms with Crippen molar-refractivity contribution >= 4 is 17.2 Å². The predicted octanol–water partition coefficient (Wildman–Crippen LogP) is 2.51. The van der Waals surface area contributed by atoms with Crippen molar-refractivity contribution < 1.29 is 0 Å². The van der Waals surface area contributed by atoms with Crippen LogP contribution in [0.15, 0.2) is 42.6 Å². The lowest BCUT2D eigenvalue weighted by Crippen LogP contribution is -1.97. The zero-order valence-electron chi connectivity index (χ0n) is 9.55. The highest BCUT2D eigenvalue weighted by molar-refractivity contribution is 6.30. The van der Waals surface area contributed by atoms with Gasteiger partial charge in [-0.05, 0) is 29.8 Å². The van der Waals surface area contributed by atoms with Crippen molar-refractivity contribution in [2.45, 2.75) is 6.54 Å². The molecule has 3 rings (SSSR count). The molecule has 0 radical (unpaired) electrons. The number of rotatable bonds is 2. The Morgan fingerprint density at radius 2 is 2.11 bits per heavy atom. The number of halogens is 1. The standard InChI is InChI=1S/C13H11ClN4/c14-11-3-1-2-10(7-11)13-16-12-6-9(8-15)4-5-18(12)17-13/h1-7H,8,15H2. The summed E-state index contributed by atoms with van der Waals surface area (Å²) in [6, 6.07) is 11.4. The van der Waals surface area contributed by atoms with E-state index in [1.165, 1.54) is 0 Å². The van der Waals surface area contributed by atoms with Crippen LogP contribution in [0.1, 0.15) is 5.56 Å². The smallest absolute Gasteiger partial charge is 0.182 e. The first-order chi connectivity index (χ1) is 8.76. The molecule has 18 heavy (non-hydrogen) atoms. The number of nitrogens with two attached hydrogens (primary N) is 1. The van der Waals surface area contributed by atoms with E-state index >= 15 is 0 Å². The number of pyridine rings is 1. The minimum Gasteiger partial charge on any atom is -0.326 e. The fourth-order valence-electron chi connectivity index (χ4n) is 1.80. The number of hydrogen-bond acceptors (Lipinski definition) is 3. The summed E-state index contributed by atoms with van der Waals surface area (Å²) in [6.07, 6.45) is 1.86. The molecule has 0 saturated heterocycles. The monoisotopic (exact) mass is 258 g/mol. The molecule has 2 N–H and O–H groups in total. The molecular formula is C13H11ClN4. The molecule has 3 aromatic rings. The molecule has 0 aliphatic heterocycles. The van der Waals surface area contributed by atoms with E-state index < -0.39 is 0 Å². The second-order valence-electron chi connectivity index (χ2n) is 3.99. The molecule has 0 saturated carbocycles. The van der Waals surface area contributed by atoms with Gasteiger partial charge in [0.2, 0.25) is 0 Å². The van der Waals surface area contributed by atoms with Gasteiger partial charge in [-0.3, -0.25) is 0 Å². The molecule has 0 unspecified atom stereocenters. The van der Waals surface area contributed by atoms with Crippen LogP contribution in [0.4, 0.5) is 0 Å². The number of aromatic nitrogens is 3. The average molecular weight is 259 g/mol. The van der Waals surface area contributed by atoms with E-state index in [0.717, 1.165) is 16.8 Å². The summed E-state index contributed by atoms with van der Waals surface area (Å²) in [5.74, 6) is 0.659. The zero-order chi connectivity index (χ0) is 12.5. The number of hydrogen-bond donors (Lipinski definition) is 1. The molecule has 2 heterocycles. The van der Waals surface area contributed by atoms with Crippen molar-refractivity contribution in [1.82, 2.24) is 14.6 Å². The molecule has 0 aliphatic rings. The number of benzene rings is 1. The highest BCUT2D eigenvalue weighted by Crippen LogP contribution is 2.20. The first-order valence-electron chi connectivity index (χ1n) is 5.57. The number of fused-ring (bicyclic) bond motifs is 1. The average Bonchev–Trinajstić information content (AvgIpc) is 2.81. The van der Waals surface area contributed by atoms with Gasteiger partial charge < -0.3 is 5.73 Å². The van der Waals surface area contributed by atoms with Crippen LogP contribution in [0.5, 0.6) is 0 Å². The van der Waals surface area contributed by atoms with Gasteiger partial charge >= 0.3 is 0 Å². The fourth-order valence-corrected chi connectivity index (χ4v) is 1.99. The Balaban J connectivity index is 2.13. The van der Waals surface area contributed by atoms with E-state index in [0.29, 0.717) is 17.4 Å². The molecule has 0 bridgehead atoms. The Morgan fingerprint density at radius 1 is 1.22 bits per heavy atom. The van der Waals surface area contributed by atoms with E-state index in [9.17, 15) is 0 Å². The maximum absolute atomic E-state index is 5.96. The molecule has 0 fully saturated rings. The summed E-state index contributed by atoms with van der Waals surface area (Å²) >= 11 is 5.96. The molecule has 0 spiro atoms. The van der Waals surface area contributed by atoms with Crippen LogP contribution in [0.3, 0.4) is 0 Å². The second-order valence-corrected chi connectivity index (χ2v) is 4.42. The summed E-state index contributed by atoms with van der Waals surface area (Å²) < 4.78 is 1.73. The SMILES string of the molecule is NCc1ccn2nc(-c3cccc(Cl)c3)nc2c1. The van der Waals surface area contributed by atoms with Gasteiger partial charge in [-0.25, -0.2) is 9.50 Å². The van der Waals surface area contributed by atoms with Crippen molar-refractivity contribution in [3.8, 4) is 11.4 Å². The Labute approximate surface area is 109 Å². The van der Waals surface area contributed by atoms with E-state index in [2.05, 4.69) is 10.1 Å². The summed E-state index contributed by atoms with van der Waals surface area (Å²) in [6.45, 7) is 0.496. The lowest BCUT2D eigenvalue weighted by molar-refractivity contribution is 0.951. The van der Waals surface area contributed by atoms with Gasteiger partial charge in [0.05, 0.1) is 0 Å². The molecule has 90 valence electrons. The van der Waals surface area contributed by atoms with E-state index in [1.54, 1.807) is 4.52 Å². The molecule has 5 heteroatoms. The van der Waals surface area contributed by atoms with E-state index in [-0.39, 0.29) is 0 Å². The molecule has 0 atom stereocenters. The van der Waals surface area contributed by atoms with Crippen LogP contribution < -0.4 is 5.73 Å². The largest absolute Gasteiger partial charge is 0.326 e.